The number of halogens is 3. The summed E-state index contributed by atoms with van der Waals surface area (Å²) in [4.78, 5) is 29.8. The second-order valence-electron chi connectivity index (χ2n) is 9.78. The molecule has 5 rings (SSSR count). The Morgan fingerprint density at radius 2 is 1.88 bits per heavy atom. The van der Waals surface area contributed by atoms with E-state index in [9.17, 15) is 22.8 Å². The first-order valence-corrected chi connectivity index (χ1v) is 13.0. The second kappa shape index (κ2) is 11.4. The van der Waals surface area contributed by atoms with Crippen molar-refractivity contribution in [2.24, 2.45) is 5.92 Å². The second-order valence-corrected chi connectivity index (χ2v) is 9.78. The molecular formula is C29H28F3N3O5. The summed E-state index contributed by atoms with van der Waals surface area (Å²) >= 11 is 0. The number of alkyl halides is 3. The van der Waals surface area contributed by atoms with Crippen LogP contribution in [0.4, 0.5) is 13.2 Å². The molecule has 0 amide bonds. The van der Waals surface area contributed by atoms with Crippen LogP contribution in [0.1, 0.15) is 54.7 Å². The summed E-state index contributed by atoms with van der Waals surface area (Å²) in [5, 5.41) is 0. The van der Waals surface area contributed by atoms with E-state index in [-0.39, 0.29) is 19.0 Å². The first kappa shape index (κ1) is 27.3. The summed E-state index contributed by atoms with van der Waals surface area (Å²) in [6.45, 7) is 1.95. The van der Waals surface area contributed by atoms with Crippen LogP contribution >= 0.6 is 0 Å². The molecule has 8 nitrogen and oxygen atoms in total. The Morgan fingerprint density at radius 3 is 2.55 bits per heavy atom. The van der Waals surface area contributed by atoms with Gasteiger partial charge in [-0.25, -0.2) is 19.6 Å². The summed E-state index contributed by atoms with van der Waals surface area (Å²) in [7, 11) is 0. The largest absolute Gasteiger partial charge is 0.487 e. The van der Waals surface area contributed by atoms with Gasteiger partial charge in [0.15, 0.2) is 0 Å². The molecule has 0 saturated heterocycles. The zero-order chi connectivity index (χ0) is 28.3. The number of hydrogen-bond donors (Lipinski definition) is 1. The molecule has 1 N–H and O–H groups in total. The summed E-state index contributed by atoms with van der Waals surface area (Å²) in [5.41, 5.74) is 1.63. The van der Waals surface area contributed by atoms with Crippen molar-refractivity contribution < 1.29 is 26.8 Å². The Hall–Kier alpha value is -4.28. The molecule has 0 aliphatic heterocycles. The number of ether oxygens (including phenoxy) is 1. The summed E-state index contributed by atoms with van der Waals surface area (Å²) in [5.74, 6) is 0.829. The molecule has 1 saturated carbocycles. The number of nitrogens with zero attached hydrogens (tertiary/aromatic N) is 2. The molecule has 1 aliphatic carbocycles. The lowest BCUT2D eigenvalue weighted by Crippen LogP contribution is -2.17. The minimum absolute atomic E-state index is 0.103. The number of aromatic nitrogens is 3. The lowest BCUT2D eigenvalue weighted by Gasteiger charge is -2.25. The monoisotopic (exact) mass is 555 g/mol. The lowest BCUT2D eigenvalue weighted by molar-refractivity contribution is -0.137. The van der Waals surface area contributed by atoms with Crippen LogP contribution < -0.4 is 16.2 Å². The van der Waals surface area contributed by atoms with Crippen LogP contribution in [0.3, 0.4) is 0 Å². The lowest BCUT2D eigenvalue weighted by atomic mass is 9.80. The predicted octanol–water partition coefficient (Wildman–Crippen LogP) is 6.35. The molecule has 4 aromatic rings. The van der Waals surface area contributed by atoms with Crippen molar-refractivity contribution in [3.05, 3.63) is 98.2 Å². The fourth-order valence-corrected chi connectivity index (χ4v) is 4.95. The van der Waals surface area contributed by atoms with E-state index in [0.29, 0.717) is 28.7 Å². The van der Waals surface area contributed by atoms with Gasteiger partial charge >= 0.3 is 17.6 Å². The number of hydrogen-bond acceptors (Lipinski definition) is 6. The summed E-state index contributed by atoms with van der Waals surface area (Å²) in [6.07, 6.45) is 2.96. The minimum atomic E-state index is -4.42. The standard InChI is InChI=1S/C29H28F3N3O5/c1-18-25(33-26(39-18)20-10-12-22(13-11-20)29(30,31)32)17-38-23-9-5-8-21(16-23)24(19-6-3-2-4-7-19)14-15-35-27(36)34-28(37)40-35/h5,8-14,16,19H,2-4,6-7,15,17H2,1H3,(H,34,36,37)/b24-14+. The third kappa shape index (κ3) is 6.30. The van der Waals surface area contributed by atoms with Crippen molar-refractivity contribution >= 4 is 5.57 Å². The van der Waals surface area contributed by atoms with Gasteiger partial charge in [0.2, 0.25) is 5.89 Å². The highest BCUT2D eigenvalue weighted by atomic mass is 19.4. The van der Waals surface area contributed by atoms with Gasteiger partial charge in [-0.15, -0.1) is 4.74 Å². The highest BCUT2D eigenvalue weighted by Crippen LogP contribution is 2.37. The zero-order valence-electron chi connectivity index (χ0n) is 21.8. The number of nitrogens with one attached hydrogen (secondary N) is 1. The van der Waals surface area contributed by atoms with Gasteiger partial charge in [0.05, 0.1) is 12.1 Å². The Balaban J connectivity index is 1.33. The molecule has 0 unspecified atom stereocenters. The maximum absolute atomic E-state index is 12.9. The van der Waals surface area contributed by atoms with Crippen LogP contribution in [0.5, 0.6) is 5.75 Å². The van der Waals surface area contributed by atoms with Crippen LogP contribution in [0.2, 0.25) is 0 Å². The van der Waals surface area contributed by atoms with Crippen molar-refractivity contribution in [3.63, 3.8) is 0 Å². The number of benzene rings is 2. The van der Waals surface area contributed by atoms with E-state index in [1.807, 2.05) is 30.3 Å². The van der Waals surface area contributed by atoms with Gasteiger partial charge in [0.1, 0.15) is 23.8 Å². The van der Waals surface area contributed by atoms with Gasteiger partial charge in [-0.3, -0.25) is 0 Å². The predicted molar refractivity (Wildman–Crippen MR) is 141 cm³/mol. The number of aryl methyl sites for hydroxylation is 1. The topological polar surface area (TPSA) is 103 Å². The molecular weight excluding hydrogens is 527 g/mol. The van der Waals surface area contributed by atoms with Crippen molar-refractivity contribution in [2.75, 3.05) is 0 Å². The van der Waals surface area contributed by atoms with Crippen molar-refractivity contribution in [1.29, 1.82) is 0 Å². The zero-order valence-corrected chi connectivity index (χ0v) is 21.8. The van der Waals surface area contributed by atoms with Gasteiger partial charge in [0.25, 0.3) is 0 Å². The van der Waals surface area contributed by atoms with Crippen LogP contribution in [0, 0.1) is 12.8 Å². The first-order valence-electron chi connectivity index (χ1n) is 13.0. The molecule has 0 spiro atoms. The number of aromatic amines is 1. The van der Waals surface area contributed by atoms with E-state index >= 15 is 0 Å². The van der Waals surface area contributed by atoms with Crippen molar-refractivity contribution in [1.82, 2.24) is 14.7 Å². The average Bonchev–Trinajstić information content (AvgIpc) is 3.48. The number of rotatable bonds is 8. The third-order valence-electron chi connectivity index (χ3n) is 7.05. The van der Waals surface area contributed by atoms with Gasteiger partial charge in [-0.05, 0) is 73.2 Å². The van der Waals surface area contributed by atoms with Gasteiger partial charge in [-0.1, -0.05) is 37.5 Å². The molecule has 11 heteroatoms. The normalized spacial score (nSPS) is 14.9. The molecule has 0 bridgehead atoms. The number of oxazole rings is 1. The van der Waals surface area contributed by atoms with Gasteiger partial charge in [-0.2, -0.15) is 13.2 Å². The Morgan fingerprint density at radius 1 is 1.12 bits per heavy atom. The molecule has 1 aliphatic rings. The van der Waals surface area contributed by atoms with Crippen molar-refractivity contribution in [3.8, 4) is 17.2 Å². The van der Waals surface area contributed by atoms with E-state index in [1.165, 1.54) is 18.6 Å². The third-order valence-corrected chi connectivity index (χ3v) is 7.05. The highest BCUT2D eigenvalue weighted by Gasteiger charge is 2.30. The number of H-pyrrole nitrogens is 1. The molecule has 40 heavy (non-hydrogen) atoms. The Bertz CT molecular complexity index is 1600. The highest BCUT2D eigenvalue weighted by molar-refractivity contribution is 5.68. The molecule has 1 fully saturated rings. The van der Waals surface area contributed by atoms with Gasteiger partial charge in [0, 0.05) is 5.56 Å². The van der Waals surface area contributed by atoms with E-state index in [0.717, 1.165) is 53.7 Å². The van der Waals surface area contributed by atoms with Crippen LogP contribution in [-0.2, 0) is 19.3 Å². The van der Waals surface area contributed by atoms with Crippen LogP contribution in [-0.4, -0.2) is 14.7 Å². The van der Waals surface area contributed by atoms with E-state index < -0.39 is 23.2 Å². The van der Waals surface area contributed by atoms with E-state index in [1.54, 1.807) is 6.92 Å². The SMILES string of the molecule is Cc1oc(-c2ccc(C(F)(F)F)cc2)nc1COc1cccc(/C(=C/Cn2oc(=O)[nH]c2=O)C2CCCCC2)c1. The Labute approximate surface area is 227 Å². The van der Waals surface area contributed by atoms with Crippen molar-refractivity contribution in [2.45, 2.75) is 58.4 Å². The Kier molecular flexibility index (Phi) is 7.81. The fraction of sp³-hybridized carbons (Fsp3) is 0.345. The first-order chi connectivity index (χ1) is 19.2. The van der Waals surface area contributed by atoms with Crippen LogP contribution in [0.15, 0.2) is 73.1 Å². The molecule has 210 valence electrons. The van der Waals surface area contributed by atoms with Crippen LogP contribution in [0.25, 0.3) is 17.0 Å². The van der Waals surface area contributed by atoms with E-state index in [2.05, 4.69) is 9.97 Å². The fourth-order valence-electron chi connectivity index (χ4n) is 4.95. The summed E-state index contributed by atoms with van der Waals surface area (Å²) < 4.78 is 56.3. The molecule has 2 aromatic carbocycles. The smallest absolute Gasteiger partial charge is 0.440 e. The summed E-state index contributed by atoms with van der Waals surface area (Å²) in [6, 6.07) is 12.2. The van der Waals surface area contributed by atoms with E-state index in [4.69, 9.17) is 13.7 Å². The quantitative estimate of drug-likeness (QED) is 0.272. The maximum atomic E-state index is 12.9. The molecule has 0 atom stereocenters. The maximum Gasteiger partial charge on any atom is 0.440 e. The van der Waals surface area contributed by atoms with Gasteiger partial charge < -0.3 is 13.7 Å². The number of allylic oxidation sites excluding steroid dienone is 2. The minimum Gasteiger partial charge on any atom is -0.487 e. The molecule has 2 heterocycles. The average molecular weight is 556 g/mol. The molecule has 0 radical (unpaired) electrons. The molecule has 2 aromatic heterocycles.